The standard InChI is InChI=1S/C11H19NO2Si/c1-15(2,3)14-11(8-12)4-9-6-13-7-10(9)5-11/h9-10H,4-7H2,1-3H3/t9-,10+,11?. The molecule has 2 aliphatic rings. The van der Waals surface area contributed by atoms with Gasteiger partial charge in [0.1, 0.15) is 5.60 Å². The molecule has 0 spiro atoms. The Labute approximate surface area is 92.5 Å². The summed E-state index contributed by atoms with van der Waals surface area (Å²) in [7, 11) is -1.63. The first-order chi connectivity index (χ1) is 6.94. The van der Waals surface area contributed by atoms with E-state index in [0.717, 1.165) is 26.1 Å². The third kappa shape index (κ3) is 2.25. The lowest BCUT2D eigenvalue weighted by Crippen LogP contribution is -2.40. The maximum absolute atomic E-state index is 9.34. The summed E-state index contributed by atoms with van der Waals surface area (Å²) in [6, 6.07) is 2.42. The predicted octanol–water partition coefficient (Wildman–Crippen LogP) is 2.16. The van der Waals surface area contributed by atoms with E-state index in [1.807, 2.05) is 0 Å². The van der Waals surface area contributed by atoms with Gasteiger partial charge in [0, 0.05) is 13.2 Å². The Hall–Kier alpha value is -0.373. The van der Waals surface area contributed by atoms with Crippen molar-refractivity contribution in [3.63, 3.8) is 0 Å². The fourth-order valence-electron chi connectivity index (χ4n) is 2.81. The van der Waals surface area contributed by atoms with Crippen LogP contribution in [0.2, 0.25) is 19.6 Å². The van der Waals surface area contributed by atoms with Crippen LogP contribution in [0.1, 0.15) is 12.8 Å². The molecule has 1 heterocycles. The highest BCUT2D eigenvalue weighted by Crippen LogP contribution is 2.45. The van der Waals surface area contributed by atoms with Gasteiger partial charge in [-0.05, 0) is 44.3 Å². The monoisotopic (exact) mass is 225 g/mol. The molecule has 0 aromatic heterocycles. The van der Waals surface area contributed by atoms with Gasteiger partial charge in [0.25, 0.3) is 0 Å². The van der Waals surface area contributed by atoms with E-state index in [0.29, 0.717) is 11.8 Å². The van der Waals surface area contributed by atoms with Gasteiger partial charge in [-0.25, -0.2) is 0 Å². The number of fused-ring (bicyclic) bond motifs is 1. The van der Waals surface area contributed by atoms with Crippen LogP contribution in [0.3, 0.4) is 0 Å². The van der Waals surface area contributed by atoms with Crippen molar-refractivity contribution in [3.05, 3.63) is 0 Å². The van der Waals surface area contributed by atoms with Crippen LogP contribution in [0.5, 0.6) is 0 Å². The fourth-order valence-corrected chi connectivity index (χ4v) is 4.19. The molecule has 1 saturated heterocycles. The number of hydrogen-bond acceptors (Lipinski definition) is 3. The minimum Gasteiger partial charge on any atom is -0.400 e. The molecular formula is C11H19NO2Si. The fraction of sp³-hybridized carbons (Fsp3) is 0.909. The molecule has 15 heavy (non-hydrogen) atoms. The van der Waals surface area contributed by atoms with Crippen LogP contribution in [0.4, 0.5) is 0 Å². The van der Waals surface area contributed by atoms with Crippen molar-refractivity contribution in [2.45, 2.75) is 38.1 Å². The second-order valence-corrected chi connectivity index (χ2v) is 10.2. The quantitative estimate of drug-likeness (QED) is 0.676. The zero-order chi connectivity index (χ0) is 11.1. The van der Waals surface area contributed by atoms with E-state index < -0.39 is 13.9 Å². The van der Waals surface area contributed by atoms with E-state index in [9.17, 15) is 5.26 Å². The van der Waals surface area contributed by atoms with Crippen molar-refractivity contribution in [1.82, 2.24) is 0 Å². The minimum atomic E-state index is -1.63. The van der Waals surface area contributed by atoms with Crippen molar-refractivity contribution in [2.24, 2.45) is 11.8 Å². The predicted molar refractivity (Wildman–Crippen MR) is 59.8 cm³/mol. The molecule has 2 rings (SSSR count). The summed E-state index contributed by atoms with van der Waals surface area (Å²) in [6.45, 7) is 8.09. The molecule has 0 radical (unpaired) electrons. The second kappa shape index (κ2) is 3.58. The lowest BCUT2D eigenvalue weighted by atomic mass is 10.0. The highest BCUT2D eigenvalue weighted by molar-refractivity contribution is 6.69. The number of hydrogen-bond donors (Lipinski definition) is 0. The average Bonchev–Trinajstić information content (AvgIpc) is 2.59. The summed E-state index contributed by atoms with van der Waals surface area (Å²) in [4.78, 5) is 0. The second-order valence-electron chi connectivity index (χ2n) is 5.79. The smallest absolute Gasteiger partial charge is 0.185 e. The van der Waals surface area contributed by atoms with Gasteiger partial charge >= 0.3 is 0 Å². The molecule has 3 nitrogen and oxygen atoms in total. The Kier molecular flexibility index (Phi) is 2.66. The molecule has 3 atom stereocenters. The summed E-state index contributed by atoms with van der Waals surface area (Å²) in [5, 5.41) is 9.34. The normalized spacial score (nSPS) is 40.1. The molecule has 84 valence electrons. The average molecular weight is 225 g/mol. The van der Waals surface area contributed by atoms with E-state index in [2.05, 4.69) is 25.7 Å². The molecule has 1 saturated carbocycles. The van der Waals surface area contributed by atoms with E-state index in [4.69, 9.17) is 9.16 Å². The molecule has 2 fully saturated rings. The molecule has 0 amide bonds. The number of nitrogens with zero attached hydrogens (tertiary/aromatic N) is 1. The van der Waals surface area contributed by atoms with Crippen LogP contribution in [0.25, 0.3) is 0 Å². The first-order valence-electron chi connectivity index (χ1n) is 5.63. The Morgan fingerprint density at radius 1 is 1.27 bits per heavy atom. The molecule has 0 bridgehead atoms. The van der Waals surface area contributed by atoms with E-state index in [1.54, 1.807) is 0 Å². The lowest BCUT2D eigenvalue weighted by molar-refractivity contribution is 0.0900. The lowest BCUT2D eigenvalue weighted by Gasteiger charge is -2.30. The summed E-state index contributed by atoms with van der Waals surface area (Å²) in [5.41, 5.74) is -0.496. The maximum Gasteiger partial charge on any atom is 0.185 e. The molecule has 0 N–H and O–H groups in total. The summed E-state index contributed by atoms with van der Waals surface area (Å²) < 4.78 is 11.5. The summed E-state index contributed by atoms with van der Waals surface area (Å²) in [5.74, 6) is 1.11. The van der Waals surface area contributed by atoms with Gasteiger partial charge in [-0.15, -0.1) is 0 Å². The van der Waals surface area contributed by atoms with Crippen molar-refractivity contribution in [1.29, 1.82) is 5.26 Å². The molecular weight excluding hydrogens is 206 g/mol. The third-order valence-corrected chi connectivity index (χ3v) is 4.22. The molecule has 0 aromatic carbocycles. The van der Waals surface area contributed by atoms with E-state index in [1.165, 1.54) is 0 Å². The third-order valence-electron chi connectivity index (χ3n) is 3.22. The Morgan fingerprint density at radius 2 is 1.80 bits per heavy atom. The van der Waals surface area contributed by atoms with Gasteiger partial charge in [0.05, 0.1) is 6.07 Å². The van der Waals surface area contributed by atoms with Crippen LogP contribution in [0, 0.1) is 23.2 Å². The molecule has 4 heteroatoms. The minimum absolute atomic E-state index is 0.496. The van der Waals surface area contributed by atoms with Gasteiger partial charge in [0.2, 0.25) is 0 Å². The van der Waals surface area contributed by atoms with E-state index >= 15 is 0 Å². The number of rotatable bonds is 2. The summed E-state index contributed by atoms with van der Waals surface area (Å²) >= 11 is 0. The maximum atomic E-state index is 9.34. The zero-order valence-electron chi connectivity index (χ0n) is 9.75. The molecule has 1 aliphatic carbocycles. The van der Waals surface area contributed by atoms with Crippen LogP contribution in [-0.4, -0.2) is 27.1 Å². The van der Waals surface area contributed by atoms with Gasteiger partial charge in [-0.2, -0.15) is 5.26 Å². The Bertz CT molecular complexity index is 280. The largest absolute Gasteiger partial charge is 0.400 e. The van der Waals surface area contributed by atoms with Gasteiger partial charge in [-0.1, -0.05) is 0 Å². The van der Waals surface area contributed by atoms with Crippen LogP contribution >= 0.6 is 0 Å². The molecule has 0 aromatic rings. The SMILES string of the molecule is C[Si](C)(C)OC1(C#N)C[C@H]2COC[C@H]2C1. The topological polar surface area (TPSA) is 42.2 Å². The Morgan fingerprint density at radius 3 is 2.20 bits per heavy atom. The molecule has 1 aliphatic heterocycles. The van der Waals surface area contributed by atoms with Gasteiger partial charge < -0.3 is 9.16 Å². The highest BCUT2D eigenvalue weighted by Gasteiger charge is 2.50. The zero-order valence-corrected chi connectivity index (χ0v) is 10.7. The first-order valence-corrected chi connectivity index (χ1v) is 9.04. The van der Waals surface area contributed by atoms with Gasteiger partial charge in [0.15, 0.2) is 8.32 Å². The van der Waals surface area contributed by atoms with Crippen molar-refractivity contribution in [3.8, 4) is 6.07 Å². The van der Waals surface area contributed by atoms with Crippen molar-refractivity contribution >= 4 is 8.32 Å². The summed E-state index contributed by atoms with van der Waals surface area (Å²) in [6.07, 6.45) is 1.75. The van der Waals surface area contributed by atoms with E-state index in [-0.39, 0.29) is 0 Å². The highest BCUT2D eigenvalue weighted by atomic mass is 28.4. The van der Waals surface area contributed by atoms with Gasteiger partial charge in [-0.3, -0.25) is 0 Å². The number of nitriles is 1. The first kappa shape index (κ1) is 11.1. The van der Waals surface area contributed by atoms with Crippen molar-refractivity contribution < 1.29 is 9.16 Å². The molecule has 1 unspecified atom stereocenters. The van der Waals surface area contributed by atoms with Crippen LogP contribution in [0.15, 0.2) is 0 Å². The van der Waals surface area contributed by atoms with Crippen LogP contribution < -0.4 is 0 Å². The van der Waals surface area contributed by atoms with Crippen molar-refractivity contribution in [2.75, 3.05) is 13.2 Å². The number of ether oxygens (including phenoxy) is 1. The van der Waals surface area contributed by atoms with Crippen LogP contribution in [-0.2, 0) is 9.16 Å². The Balaban J connectivity index is 2.09.